The van der Waals surface area contributed by atoms with Crippen LogP contribution in [0.2, 0.25) is 0 Å². The molecule has 0 bridgehead atoms. The number of rotatable bonds is 0. The second kappa shape index (κ2) is 1.01. The number of hydrogen-bond donors (Lipinski definition) is 2. The largest absolute Gasteiger partial charge is 0.391 e. The van der Waals surface area contributed by atoms with Crippen LogP contribution >= 0.6 is 0 Å². The highest BCUT2D eigenvalue weighted by atomic mass is 16.3. The Hall–Kier alpha value is -0.0800. The van der Waals surface area contributed by atoms with E-state index in [0.717, 1.165) is 6.42 Å². The van der Waals surface area contributed by atoms with E-state index >= 15 is 0 Å². The molecule has 2 rings (SSSR count). The molecule has 2 fully saturated rings. The molecule has 1 aliphatic carbocycles. The summed E-state index contributed by atoms with van der Waals surface area (Å²) >= 11 is 0. The van der Waals surface area contributed by atoms with E-state index in [1.54, 1.807) is 0 Å². The van der Waals surface area contributed by atoms with Crippen molar-refractivity contribution in [2.24, 2.45) is 0 Å². The molecule has 2 aliphatic rings. The fraction of sp³-hybridized carbons (Fsp3) is 1.00. The Morgan fingerprint density at radius 2 is 2.29 bits per heavy atom. The van der Waals surface area contributed by atoms with Gasteiger partial charge in [0.15, 0.2) is 0 Å². The van der Waals surface area contributed by atoms with E-state index in [1.165, 1.54) is 6.42 Å². The van der Waals surface area contributed by atoms with E-state index in [9.17, 15) is 0 Å². The second-order valence-corrected chi connectivity index (χ2v) is 2.44. The van der Waals surface area contributed by atoms with Crippen LogP contribution in [-0.2, 0) is 0 Å². The zero-order valence-electron chi connectivity index (χ0n) is 4.09. The third kappa shape index (κ3) is 0.409. The average Bonchev–Trinajstić information content (AvgIpc) is 2.33. The molecule has 0 spiro atoms. The minimum atomic E-state index is -0.0231. The van der Waals surface area contributed by atoms with Gasteiger partial charge in [0.25, 0.3) is 0 Å². The number of hydrogen-bond acceptors (Lipinski definition) is 2. The Morgan fingerprint density at radius 1 is 1.43 bits per heavy atom. The van der Waals surface area contributed by atoms with Gasteiger partial charge in [-0.2, -0.15) is 0 Å². The zero-order valence-corrected chi connectivity index (χ0v) is 4.09. The quantitative estimate of drug-likeness (QED) is 0.401. The van der Waals surface area contributed by atoms with Crippen LogP contribution in [0.5, 0.6) is 0 Å². The molecule has 1 heterocycles. The monoisotopic (exact) mass is 99.1 g/mol. The van der Waals surface area contributed by atoms with Crippen LogP contribution in [0.4, 0.5) is 0 Å². The van der Waals surface area contributed by atoms with E-state index < -0.39 is 0 Å². The van der Waals surface area contributed by atoms with Crippen molar-refractivity contribution in [3.63, 3.8) is 0 Å². The van der Waals surface area contributed by atoms with Crippen LogP contribution < -0.4 is 5.32 Å². The fourth-order valence-corrected chi connectivity index (χ4v) is 1.36. The molecule has 40 valence electrons. The van der Waals surface area contributed by atoms with Gasteiger partial charge < -0.3 is 10.4 Å². The summed E-state index contributed by atoms with van der Waals surface area (Å²) in [5.41, 5.74) is 0. The zero-order chi connectivity index (χ0) is 4.85. The maximum Gasteiger partial charge on any atom is 0.0709 e. The molecule has 2 N–H and O–H groups in total. The van der Waals surface area contributed by atoms with E-state index in [0.29, 0.717) is 12.1 Å². The number of piperidine rings is 1. The van der Waals surface area contributed by atoms with Crippen molar-refractivity contribution in [1.29, 1.82) is 0 Å². The Balaban J connectivity index is 2.08. The fourth-order valence-electron chi connectivity index (χ4n) is 1.36. The van der Waals surface area contributed by atoms with Crippen LogP contribution in [-0.4, -0.2) is 23.3 Å². The molecule has 0 aromatic heterocycles. The summed E-state index contributed by atoms with van der Waals surface area (Å²) in [6.45, 7) is 0. The van der Waals surface area contributed by atoms with Crippen molar-refractivity contribution in [1.82, 2.24) is 5.32 Å². The number of fused-ring (bicyclic) bond motifs is 1. The minimum Gasteiger partial charge on any atom is -0.391 e. The van der Waals surface area contributed by atoms with Crippen molar-refractivity contribution < 1.29 is 5.11 Å². The molecular formula is C5H9NO. The lowest BCUT2D eigenvalue weighted by Gasteiger charge is -1.97. The summed E-state index contributed by atoms with van der Waals surface area (Å²) in [6.07, 6.45) is 2.18. The molecule has 0 aromatic carbocycles. The number of aliphatic hydroxyl groups excluding tert-OH is 1. The minimum absolute atomic E-state index is 0.0231. The SMILES string of the molecule is O[C@@H]1CC[C@@H]2N[C@H]12. The van der Waals surface area contributed by atoms with Crippen molar-refractivity contribution in [2.45, 2.75) is 31.0 Å². The van der Waals surface area contributed by atoms with Crippen LogP contribution in [0.1, 0.15) is 12.8 Å². The Labute approximate surface area is 42.5 Å². The van der Waals surface area contributed by atoms with Crippen LogP contribution in [0.3, 0.4) is 0 Å². The van der Waals surface area contributed by atoms with E-state index in [4.69, 9.17) is 5.11 Å². The summed E-state index contributed by atoms with van der Waals surface area (Å²) in [4.78, 5) is 0. The first kappa shape index (κ1) is 3.87. The highest BCUT2D eigenvalue weighted by molar-refractivity contribution is 5.08. The Bertz CT molecular complexity index is 94.1. The lowest BCUT2D eigenvalue weighted by molar-refractivity contribution is 0.176. The van der Waals surface area contributed by atoms with Crippen molar-refractivity contribution in [3.05, 3.63) is 0 Å². The van der Waals surface area contributed by atoms with E-state index in [2.05, 4.69) is 5.32 Å². The third-order valence-corrected chi connectivity index (χ3v) is 1.92. The summed E-state index contributed by atoms with van der Waals surface area (Å²) in [6, 6.07) is 1.18. The lowest BCUT2D eigenvalue weighted by Crippen LogP contribution is -2.12. The third-order valence-electron chi connectivity index (χ3n) is 1.92. The van der Waals surface area contributed by atoms with Gasteiger partial charge in [-0.25, -0.2) is 0 Å². The molecule has 0 amide bonds. The smallest absolute Gasteiger partial charge is 0.0709 e. The van der Waals surface area contributed by atoms with Gasteiger partial charge in [0.05, 0.1) is 6.10 Å². The summed E-state index contributed by atoms with van der Waals surface area (Å²) in [5, 5.41) is 12.1. The first-order valence-electron chi connectivity index (χ1n) is 2.82. The molecule has 0 unspecified atom stereocenters. The van der Waals surface area contributed by atoms with Gasteiger partial charge in [-0.05, 0) is 12.8 Å². The normalized spacial score (nSPS) is 57.0. The van der Waals surface area contributed by atoms with E-state index in [1.807, 2.05) is 0 Å². The van der Waals surface area contributed by atoms with E-state index in [-0.39, 0.29) is 6.10 Å². The molecule has 1 aliphatic heterocycles. The first-order chi connectivity index (χ1) is 3.38. The van der Waals surface area contributed by atoms with Gasteiger partial charge in [0, 0.05) is 12.1 Å². The first-order valence-corrected chi connectivity index (χ1v) is 2.82. The second-order valence-electron chi connectivity index (χ2n) is 2.44. The Kier molecular flexibility index (Phi) is 0.557. The van der Waals surface area contributed by atoms with Crippen molar-refractivity contribution in [2.75, 3.05) is 0 Å². The van der Waals surface area contributed by atoms with Gasteiger partial charge in [-0.15, -0.1) is 0 Å². The molecule has 0 aromatic rings. The van der Waals surface area contributed by atoms with Crippen LogP contribution in [0.25, 0.3) is 0 Å². The maximum absolute atomic E-state index is 8.98. The van der Waals surface area contributed by atoms with Gasteiger partial charge >= 0.3 is 0 Å². The summed E-state index contributed by atoms with van der Waals surface area (Å²) < 4.78 is 0. The molecule has 2 nitrogen and oxygen atoms in total. The van der Waals surface area contributed by atoms with Crippen molar-refractivity contribution >= 4 is 0 Å². The molecular weight excluding hydrogens is 90.1 g/mol. The van der Waals surface area contributed by atoms with Gasteiger partial charge in [-0.1, -0.05) is 0 Å². The lowest BCUT2D eigenvalue weighted by atomic mass is 10.3. The standard InChI is InChI=1S/C5H9NO/c7-4-2-1-3-5(4)6-3/h3-7H,1-2H2/t3-,4+,5-/m0/s1. The summed E-state index contributed by atoms with van der Waals surface area (Å²) in [5.74, 6) is 0. The average molecular weight is 99.1 g/mol. The topological polar surface area (TPSA) is 42.2 Å². The van der Waals surface area contributed by atoms with Crippen LogP contribution in [0, 0.1) is 0 Å². The predicted molar refractivity (Wildman–Crippen MR) is 26.0 cm³/mol. The predicted octanol–water partition coefficient (Wildman–Crippen LogP) is -0.519. The van der Waals surface area contributed by atoms with Gasteiger partial charge in [0.1, 0.15) is 0 Å². The van der Waals surface area contributed by atoms with Gasteiger partial charge in [0.2, 0.25) is 0 Å². The molecule has 2 heteroatoms. The molecule has 7 heavy (non-hydrogen) atoms. The van der Waals surface area contributed by atoms with Crippen molar-refractivity contribution in [3.8, 4) is 0 Å². The maximum atomic E-state index is 8.98. The highest BCUT2D eigenvalue weighted by Crippen LogP contribution is 2.30. The van der Waals surface area contributed by atoms with Crippen LogP contribution in [0.15, 0.2) is 0 Å². The Morgan fingerprint density at radius 3 is 2.43 bits per heavy atom. The summed E-state index contributed by atoms with van der Waals surface area (Å²) in [7, 11) is 0. The molecule has 1 saturated heterocycles. The molecule has 3 atom stereocenters. The number of aliphatic hydroxyl groups is 1. The number of nitrogens with one attached hydrogen (secondary N) is 1. The highest BCUT2D eigenvalue weighted by Gasteiger charge is 2.46. The molecule has 0 radical (unpaired) electrons. The van der Waals surface area contributed by atoms with Gasteiger partial charge in [-0.3, -0.25) is 0 Å². The molecule has 1 saturated carbocycles.